The number of rotatable bonds is 1. The molecule has 0 amide bonds. The van der Waals surface area contributed by atoms with Crippen molar-refractivity contribution in [2.45, 2.75) is 25.2 Å². The van der Waals surface area contributed by atoms with Crippen molar-refractivity contribution in [3.05, 3.63) is 28.0 Å². The molecule has 96 valence electrons. The summed E-state index contributed by atoms with van der Waals surface area (Å²) in [5.74, 6) is 1.04. The summed E-state index contributed by atoms with van der Waals surface area (Å²) in [6.45, 7) is 4.33. The molecule has 0 unspecified atom stereocenters. The minimum absolute atomic E-state index is 0.114. The van der Waals surface area contributed by atoms with Crippen molar-refractivity contribution in [3.8, 4) is 0 Å². The first-order valence-electron chi connectivity index (χ1n) is 6.14. The van der Waals surface area contributed by atoms with E-state index >= 15 is 0 Å². The molecule has 2 N–H and O–H groups in total. The SMILES string of the molecule is CC1(c2nc3cc(Cl)c(Cl)cc3[nH]2)CCNCC1. The molecule has 18 heavy (non-hydrogen) atoms. The van der Waals surface area contributed by atoms with Crippen molar-refractivity contribution in [2.24, 2.45) is 0 Å². The number of nitrogens with one attached hydrogen (secondary N) is 2. The van der Waals surface area contributed by atoms with Crippen LogP contribution < -0.4 is 5.32 Å². The minimum Gasteiger partial charge on any atom is -0.341 e. The topological polar surface area (TPSA) is 40.7 Å². The quantitative estimate of drug-likeness (QED) is 0.841. The van der Waals surface area contributed by atoms with Gasteiger partial charge in [0.05, 0.1) is 21.1 Å². The van der Waals surface area contributed by atoms with E-state index in [0.717, 1.165) is 42.8 Å². The van der Waals surface area contributed by atoms with Gasteiger partial charge in [-0.15, -0.1) is 0 Å². The van der Waals surface area contributed by atoms with Gasteiger partial charge in [0.2, 0.25) is 0 Å². The van der Waals surface area contributed by atoms with Gasteiger partial charge in [-0.25, -0.2) is 4.98 Å². The first-order chi connectivity index (χ1) is 8.58. The van der Waals surface area contributed by atoms with E-state index < -0.39 is 0 Å². The first kappa shape index (κ1) is 12.3. The highest BCUT2D eigenvalue weighted by Gasteiger charge is 2.31. The molecular weight excluding hydrogens is 269 g/mol. The molecule has 1 aromatic heterocycles. The normalized spacial score (nSPS) is 19.3. The fourth-order valence-electron chi connectivity index (χ4n) is 2.51. The third kappa shape index (κ3) is 2.00. The van der Waals surface area contributed by atoms with Crippen molar-refractivity contribution < 1.29 is 0 Å². The molecule has 2 heterocycles. The molecule has 0 aliphatic carbocycles. The highest BCUT2D eigenvalue weighted by atomic mass is 35.5. The summed E-state index contributed by atoms with van der Waals surface area (Å²) >= 11 is 12.0. The van der Waals surface area contributed by atoms with Gasteiger partial charge in [0.25, 0.3) is 0 Å². The minimum atomic E-state index is 0.114. The van der Waals surface area contributed by atoms with Crippen LogP contribution in [0.5, 0.6) is 0 Å². The van der Waals surface area contributed by atoms with Crippen molar-refractivity contribution in [2.75, 3.05) is 13.1 Å². The Kier molecular flexibility index (Phi) is 3.00. The van der Waals surface area contributed by atoms with Crippen LogP contribution in [0, 0.1) is 0 Å². The molecule has 0 radical (unpaired) electrons. The molecule has 0 saturated carbocycles. The number of piperidine rings is 1. The van der Waals surface area contributed by atoms with E-state index in [2.05, 4.69) is 22.2 Å². The zero-order valence-corrected chi connectivity index (χ0v) is 11.7. The molecule has 0 bridgehead atoms. The Hall–Kier alpha value is -0.770. The molecular formula is C13H15Cl2N3. The Bertz CT molecular complexity index is 546. The van der Waals surface area contributed by atoms with E-state index in [1.54, 1.807) is 0 Å². The van der Waals surface area contributed by atoms with E-state index in [1.165, 1.54) is 0 Å². The van der Waals surface area contributed by atoms with E-state index in [0.29, 0.717) is 10.0 Å². The fourth-order valence-corrected chi connectivity index (χ4v) is 2.83. The fraction of sp³-hybridized carbons (Fsp3) is 0.462. The summed E-state index contributed by atoms with van der Waals surface area (Å²) in [6, 6.07) is 3.67. The number of aromatic amines is 1. The monoisotopic (exact) mass is 283 g/mol. The Morgan fingerprint density at radius 2 is 1.83 bits per heavy atom. The molecule has 1 saturated heterocycles. The summed E-state index contributed by atoms with van der Waals surface area (Å²) in [4.78, 5) is 8.08. The smallest absolute Gasteiger partial charge is 0.113 e. The maximum Gasteiger partial charge on any atom is 0.113 e. The molecule has 1 fully saturated rings. The number of nitrogens with zero attached hydrogens (tertiary/aromatic N) is 1. The van der Waals surface area contributed by atoms with Crippen molar-refractivity contribution in [1.29, 1.82) is 0 Å². The van der Waals surface area contributed by atoms with Gasteiger partial charge in [-0.3, -0.25) is 0 Å². The second-order valence-corrected chi connectivity index (χ2v) is 5.99. The van der Waals surface area contributed by atoms with Gasteiger partial charge in [0.15, 0.2) is 0 Å². The Morgan fingerprint density at radius 3 is 2.56 bits per heavy atom. The van der Waals surface area contributed by atoms with Crippen LogP contribution in [0.2, 0.25) is 10.0 Å². The maximum atomic E-state index is 6.03. The summed E-state index contributed by atoms with van der Waals surface area (Å²) < 4.78 is 0. The second-order valence-electron chi connectivity index (χ2n) is 5.18. The molecule has 5 heteroatoms. The van der Waals surface area contributed by atoms with Gasteiger partial charge >= 0.3 is 0 Å². The van der Waals surface area contributed by atoms with E-state index in [9.17, 15) is 0 Å². The Balaban J connectivity index is 2.07. The van der Waals surface area contributed by atoms with E-state index in [-0.39, 0.29) is 5.41 Å². The van der Waals surface area contributed by atoms with Gasteiger partial charge in [0, 0.05) is 5.41 Å². The summed E-state index contributed by atoms with van der Waals surface area (Å²) in [7, 11) is 0. The van der Waals surface area contributed by atoms with E-state index in [1.807, 2.05) is 12.1 Å². The number of fused-ring (bicyclic) bond motifs is 1. The van der Waals surface area contributed by atoms with Crippen molar-refractivity contribution in [1.82, 2.24) is 15.3 Å². The van der Waals surface area contributed by atoms with Crippen molar-refractivity contribution >= 4 is 34.2 Å². The molecule has 0 atom stereocenters. The number of imidazole rings is 1. The number of halogens is 2. The third-order valence-electron chi connectivity index (χ3n) is 3.80. The van der Waals surface area contributed by atoms with Crippen LogP contribution in [0.25, 0.3) is 11.0 Å². The summed E-state index contributed by atoms with van der Waals surface area (Å²) in [5.41, 5.74) is 1.96. The second kappa shape index (κ2) is 4.41. The lowest BCUT2D eigenvalue weighted by atomic mass is 9.80. The third-order valence-corrected chi connectivity index (χ3v) is 4.52. The molecule has 1 aliphatic heterocycles. The lowest BCUT2D eigenvalue weighted by molar-refractivity contribution is 0.321. The van der Waals surface area contributed by atoms with E-state index in [4.69, 9.17) is 23.2 Å². The lowest BCUT2D eigenvalue weighted by Crippen LogP contribution is -2.38. The van der Waals surface area contributed by atoms with Crippen LogP contribution in [0.15, 0.2) is 12.1 Å². The van der Waals surface area contributed by atoms with Crippen LogP contribution in [0.4, 0.5) is 0 Å². The Morgan fingerprint density at radius 1 is 1.17 bits per heavy atom. The lowest BCUT2D eigenvalue weighted by Gasteiger charge is -2.32. The highest BCUT2D eigenvalue weighted by molar-refractivity contribution is 6.42. The van der Waals surface area contributed by atoms with Gasteiger partial charge in [-0.05, 0) is 38.1 Å². The molecule has 0 spiro atoms. The number of hydrogen-bond acceptors (Lipinski definition) is 2. The molecule has 1 aliphatic rings. The number of aromatic nitrogens is 2. The van der Waals surface area contributed by atoms with Crippen LogP contribution in [-0.2, 0) is 5.41 Å². The zero-order valence-electron chi connectivity index (χ0n) is 10.2. The zero-order chi connectivity index (χ0) is 12.8. The van der Waals surface area contributed by atoms with Crippen LogP contribution >= 0.6 is 23.2 Å². The molecule has 3 rings (SSSR count). The van der Waals surface area contributed by atoms with Crippen LogP contribution in [0.1, 0.15) is 25.6 Å². The summed E-state index contributed by atoms with van der Waals surface area (Å²) in [6.07, 6.45) is 2.18. The predicted molar refractivity (Wildman–Crippen MR) is 75.6 cm³/mol. The van der Waals surface area contributed by atoms with Gasteiger partial charge < -0.3 is 10.3 Å². The average molecular weight is 284 g/mol. The number of H-pyrrole nitrogens is 1. The van der Waals surface area contributed by atoms with Gasteiger partial charge in [-0.1, -0.05) is 30.1 Å². The maximum absolute atomic E-state index is 6.03. The molecule has 2 aromatic rings. The van der Waals surface area contributed by atoms with Gasteiger partial charge in [-0.2, -0.15) is 0 Å². The van der Waals surface area contributed by atoms with Gasteiger partial charge in [0.1, 0.15) is 5.82 Å². The summed E-state index contributed by atoms with van der Waals surface area (Å²) in [5, 5.41) is 4.50. The largest absolute Gasteiger partial charge is 0.341 e. The Labute approximate surface area is 116 Å². The number of hydrogen-bond donors (Lipinski definition) is 2. The van der Waals surface area contributed by atoms with Crippen molar-refractivity contribution in [3.63, 3.8) is 0 Å². The van der Waals surface area contributed by atoms with Crippen LogP contribution in [-0.4, -0.2) is 23.1 Å². The van der Waals surface area contributed by atoms with Crippen LogP contribution in [0.3, 0.4) is 0 Å². The average Bonchev–Trinajstić information content (AvgIpc) is 2.74. The first-order valence-corrected chi connectivity index (χ1v) is 6.90. The molecule has 1 aromatic carbocycles. The highest BCUT2D eigenvalue weighted by Crippen LogP contribution is 2.34. The molecule has 3 nitrogen and oxygen atoms in total. The standard InChI is InChI=1S/C13H15Cl2N3/c1-13(2-4-16-5-3-13)12-17-10-6-8(14)9(15)7-11(10)18-12/h6-7,16H,2-5H2,1H3,(H,17,18). The predicted octanol–water partition coefficient (Wildman–Crippen LogP) is 3.51. The number of benzene rings is 1.